The molecule has 21 heavy (non-hydrogen) atoms. The van der Waals surface area contributed by atoms with E-state index in [4.69, 9.17) is 0 Å². The van der Waals surface area contributed by atoms with Gasteiger partial charge in [0, 0.05) is 6.54 Å². The zero-order valence-corrected chi connectivity index (χ0v) is 12.4. The predicted molar refractivity (Wildman–Crippen MR) is 75.2 cm³/mol. The molecule has 3 rings (SSSR count). The standard InChI is InChI=1S/C14H19NO5S/c16-13(15-7-10-2-1-5-21(10,19)20)11-8-3-4-9(6-8)12(11)14(17)18/h3-4,8-12H,1-2,5-7H2,(H,15,16)(H,17,18)/t8?,9?,10?,11-,12+/m0/s1. The average Bonchev–Trinajstić information content (AvgIpc) is 3.09. The third-order valence-corrected chi connectivity index (χ3v) is 7.29. The number of rotatable bonds is 4. The molecular formula is C14H19NO5S. The Labute approximate surface area is 123 Å². The Morgan fingerprint density at radius 3 is 2.43 bits per heavy atom. The van der Waals surface area contributed by atoms with Gasteiger partial charge in [-0.05, 0) is 31.1 Å². The maximum atomic E-state index is 12.3. The number of hydrogen-bond donors (Lipinski definition) is 2. The molecule has 0 radical (unpaired) electrons. The van der Waals surface area contributed by atoms with Gasteiger partial charge in [-0.15, -0.1) is 0 Å². The normalized spacial score (nSPS) is 39.5. The molecule has 1 amide bonds. The molecule has 1 heterocycles. The number of sulfone groups is 1. The Balaban J connectivity index is 1.65. The number of allylic oxidation sites excluding steroid dienone is 2. The van der Waals surface area contributed by atoms with E-state index in [1.165, 1.54) is 0 Å². The second-order valence-electron chi connectivity index (χ2n) is 6.21. The minimum atomic E-state index is -3.09. The minimum Gasteiger partial charge on any atom is -0.481 e. The van der Waals surface area contributed by atoms with Crippen molar-refractivity contribution in [3.05, 3.63) is 12.2 Å². The number of fused-ring (bicyclic) bond motifs is 2. The van der Waals surface area contributed by atoms with Gasteiger partial charge in [0.1, 0.15) is 0 Å². The maximum Gasteiger partial charge on any atom is 0.307 e. The molecule has 1 saturated carbocycles. The van der Waals surface area contributed by atoms with E-state index in [0.29, 0.717) is 19.3 Å². The molecule has 0 aromatic rings. The van der Waals surface area contributed by atoms with Gasteiger partial charge in [-0.1, -0.05) is 12.2 Å². The molecule has 2 bridgehead atoms. The highest BCUT2D eigenvalue weighted by Gasteiger charge is 2.51. The van der Waals surface area contributed by atoms with Gasteiger partial charge in [-0.2, -0.15) is 0 Å². The van der Waals surface area contributed by atoms with Crippen molar-refractivity contribution in [3.8, 4) is 0 Å². The van der Waals surface area contributed by atoms with Gasteiger partial charge in [0.2, 0.25) is 5.91 Å². The molecule has 6 nitrogen and oxygen atoms in total. The monoisotopic (exact) mass is 313 g/mol. The van der Waals surface area contributed by atoms with Gasteiger partial charge in [-0.25, -0.2) is 8.42 Å². The third-order valence-electron chi connectivity index (χ3n) is 5.01. The lowest BCUT2D eigenvalue weighted by Crippen LogP contribution is -2.43. The first-order valence-corrected chi connectivity index (χ1v) is 9.02. The average molecular weight is 313 g/mol. The Hall–Kier alpha value is -1.37. The summed E-state index contributed by atoms with van der Waals surface area (Å²) in [5.74, 6) is -2.43. The lowest BCUT2D eigenvalue weighted by Gasteiger charge is -2.24. The summed E-state index contributed by atoms with van der Waals surface area (Å²) in [6, 6.07) is 0. The van der Waals surface area contributed by atoms with Crippen LogP contribution < -0.4 is 5.32 Å². The molecule has 1 aliphatic heterocycles. The summed E-state index contributed by atoms with van der Waals surface area (Å²) in [5.41, 5.74) is 0. The summed E-state index contributed by atoms with van der Waals surface area (Å²) in [5, 5.41) is 11.5. The Morgan fingerprint density at radius 1 is 1.19 bits per heavy atom. The molecule has 116 valence electrons. The van der Waals surface area contributed by atoms with Crippen LogP contribution in [0.3, 0.4) is 0 Å². The summed E-state index contributed by atoms with van der Waals surface area (Å²) in [4.78, 5) is 23.7. The van der Waals surface area contributed by atoms with Crippen molar-refractivity contribution in [1.29, 1.82) is 0 Å². The minimum absolute atomic E-state index is 0.0312. The predicted octanol–water partition coefficient (Wildman–Crippen LogP) is 0.203. The number of amides is 1. The molecule has 0 spiro atoms. The largest absolute Gasteiger partial charge is 0.481 e. The van der Waals surface area contributed by atoms with Crippen LogP contribution in [0.1, 0.15) is 19.3 Å². The maximum absolute atomic E-state index is 12.3. The van der Waals surface area contributed by atoms with Crippen molar-refractivity contribution < 1.29 is 23.1 Å². The number of carboxylic acid groups (broad SMARTS) is 1. The molecular weight excluding hydrogens is 294 g/mol. The fourth-order valence-corrected chi connectivity index (χ4v) is 5.70. The second-order valence-corrected chi connectivity index (χ2v) is 8.62. The van der Waals surface area contributed by atoms with Crippen molar-refractivity contribution in [2.75, 3.05) is 12.3 Å². The van der Waals surface area contributed by atoms with Crippen LogP contribution in [0.15, 0.2) is 12.2 Å². The molecule has 5 atom stereocenters. The fraction of sp³-hybridized carbons (Fsp3) is 0.714. The van der Waals surface area contributed by atoms with Gasteiger partial charge in [0.25, 0.3) is 0 Å². The van der Waals surface area contributed by atoms with E-state index in [9.17, 15) is 23.1 Å². The highest BCUT2D eigenvalue weighted by atomic mass is 32.2. The summed E-state index contributed by atoms with van der Waals surface area (Å²) >= 11 is 0. The molecule has 7 heteroatoms. The topological polar surface area (TPSA) is 101 Å². The number of nitrogens with one attached hydrogen (secondary N) is 1. The van der Waals surface area contributed by atoms with Crippen molar-refractivity contribution in [1.82, 2.24) is 5.32 Å². The summed E-state index contributed by atoms with van der Waals surface area (Å²) in [6.07, 6.45) is 5.71. The van der Waals surface area contributed by atoms with Crippen molar-refractivity contribution >= 4 is 21.7 Å². The SMILES string of the molecule is O=C(O)[C@@H]1C2C=CC(C2)[C@@H]1C(=O)NCC1CCCS1(=O)=O. The van der Waals surface area contributed by atoms with Crippen LogP contribution in [-0.2, 0) is 19.4 Å². The molecule has 0 aromatic carbocycles. The zero-order chi connectivity index (χ0) is 15.2. The molecule has 0 aromatic heterocycles. The third kappa shape index (κ3) is 2.47. The van der Waals surface area contributed by atoms with Crippen molar-refractivity contribution in [3.63, 3.8) is 0 Å². The van der Waals surface area contributed by atoms with Crippen LogP contribution in [0, 0.1) is 23.7 Å². The van der Waals surface area contributed by atoms with Crippen LogP contribution in [0.25, 0.3) is 0 Å². The van der Waals surface area contributed by atoms with E-state index < -0.39 is 32.9 Å². The van der Waals surface area contributed by atoms with Gasteiger partial charge >= 0.3 is 5.97 Å². The Bertz CT molecular complexity index is 596. The van der Waals surface area contributed by atoms with E-state index in [0.717, 1.165) is 0 Å². The van der Waals surface area contributed by atoms with Crippen LogP contribution >= 0.6 is 0 Å². The number of carboxylic acids is 1. The fourth-order valence-electron chi connectivity index (χ4n) is 3.94. The van der Waals surface area contributed by atoms with Gasteiger partial charge in [0.05, 0.1) is 22.8 Å². The molecule has 3 unspecified atom stereocenters. The van der Waals surface area contributed by atoms with Crippen molar-refractivity contribution in [2.24, 2.45) is 23.7 Å². The van der Waals surface area contributed by atoms with Crippen LogP contribution in [0.4, 0.5) is 0 Å². The molecule has 1 saturated heterocycles. The van der Waals surface area contributed by atoms with E-state index >= 15 is 0 Å². The molecule has 2 N–H and O–H groups in total. The first-order chi connectivity index (χ1) is 9.90. The summed E-state index contributed by atoms with van der Waals surface area (Å²) < 4.78 is 23.5. The van der Waals surface area contributed by atoms with Crippen molar-refractivity contribution in [2.45, 2.75) is 24.5 Å². The lowest BCUT2D eigenvalue weighted by atomic mass is 9.82. The van der Waals surface area contributed by atoms with E-state index in [1.54, 1.807) is 0 Å². The van der Waals surface area contributed by atoms with Gasteiger partial charge < -0.3 is 10.4 Å². The quantitative estimate of drug-likeness (QED) is 0.722. The van der Waals surface area contributed by atoms with Gasteiger partial charge in [-0.3, -0.25) is 9.59 Å². The highest BCUT2D eigenvalue weighted by molar-refractivity contribution is 7.92. The van der Waals surface area contributed by atoms with E-state index in [2.05, 4.69) is 5.32 Å². The van der Waals surface area contributed by atoms with Gasteiger partial charge in [0.15, 0.2) is 9.84 Å². The van der Waals surface area contributed by atoms with E-state index in [-0.39, 0.29) is 30.0 Å². The van der Waals surface area contributed by atoms with E-state index in [1.807, 2.05) is 12.2 Å². The summed E-state index contributed by atoms with van der Waals surface area (Å²) in [6.45, 7) is 0.102. The Morgan fingerprint density at radius 2 is 1.86 bits per heavy atom. The molecule has 2 aliphatic carbocycles. The number of carbonyl (C=O) groups is 2. The highest BCUT2D eigenvalue weighted by Crippen LogP contribution is 2.48. The van der Waals surface area contributed by atoms with Crippen LogP contribution in [-0.4, -0.2) is 42.9 Å². The summed E-state index contributed by atoms with van der Waals surface area (Å²) in [7, 11) is -3.09. The van der Waals surface area contributed by atoms with Crippen LogP contribution in [0.2, 0.25) is 0 Å². The zero-order valence-electron chi connectivity index (χ0n) is 11.6. The van der Waals surface area contributed by atoms with Crippen LogP contribution in [0.5, 0.6) is 0 Å². The number of aliphatic carboxylic acids is 1. The lowest BCUT2D eigenvalue weighted by molar-refractivity contribution is -0.147. The molecule has 2 fully saturated rings. The first kappa shape index (κ1) is 14.6. The smallest absolute Gasteiger partial charge is 0.307 e. The first-order valence-electron chi connectivity index (χ1n) is 7.30. The number of carbonyl (C=O) groups excluding carboxylic acids is 1. The number of hydrogen-bond acceptors (Lipinski definition) is 4. The molecule has 3 aliphatic rings. The second kappa shape index (κ2) is 5.12. The Kier molecular flexibility index (Phi) is 3.55.